The highest BCUT2D eigenvalue weighted by atomic mass is 16.5. The summed E-state index contributed by atoms with van der Waals surface area (Å²) in [6.45, 7) is 12.9. The fourth-order valence-corrected chi connectivity index (χ4v) is 9.88. The van der Waals surface area contributed by atoms with E-state index in [2.05, 4.69) is 37.0 Å². The molecule has 0 radical (unpaired) electrons. The molecule has 4 atom stereocenters. The minimum absolute atomic E-state index is 0.00191. The van der Waals surface area contributed by atoms with Crippen LogP contribution in [0, 0.1) is 35.0 Å². The Morgan fingerprint density at radius 3 is 2.62 bits per heavy atom. The van der Waals surface area contributed by atoms with E-state index < -0.39 is 47.1 Å². The van der Waals surface area contributed by atoms with Gasteiger partial charge in [0.1, 0.15) is 23.7 Å². The average molecular weight is 974 g/mol. The van der Waals surface area contributed by atoms with Crippen LogP contribution in [0.25, 0.3) is 33.5 Å². The highest BCUT2D eigenvalue weighted by Gasteiger charge is 2.38. The molecule has 4 amide bonds. The number of esters is 1. The van der Waals surface area contributed by atoms with Gasteiger partial charge in [0.05, 0.1) is 61.5 Å². The molecular formula is C53H67N9O9. The Morgan fingerprint density at radius 1 is 1.04 bits per heavy atom. The van der Waals surface area contributed by atoms with Gasteiger partial charge in [0.2, 0.25) is 11.8 Å². The van der Waals surface area contributed by atoms with Crippen molar-refractivity contribution in [1.29, 1.82) is 0 Å². The smallest absolute Gasteiger partial charge is 0.324 e. The summed E-state index contributed by atoms with van der Waals surface area (Å²) in [7, 11) is 3.28. The normalized spacial score (nSPS) is 21.3. The van der Waals surface area contributed by atoms with Gasteiger partial charge >= 0.3 is 5.97 Å². The number of carbonyl (C=O) groups excluding carboxylic acids is 5. The number of aromatic nitrogens is 3. The maximum atomic E-state index is 14.7. The van der Waals surface area contributed by atoms with Crippen molar-refractivity contribution >= 4 is 40.6 Å². The molecule has 71 heavy (non-hydrogen) atoms. The number of fused-ring (bicyclic) bond motifs is 6. The number of cyclic esters (lactones) is 1. The van der Waals surface area contributed by atoms with Crippen LogP contribution >= 0.6 is 0 Å². The molecule has 0 spiro atoms. The van der Waals surface area contributed by atoms with Crippen LogP contribution in [0.5, 0.6) is 5.75 Å². The van der Waals surface area contributed by atoms with E-state index in [4.69, 9.17) is 19.2 Å². The molecule has 378 valence electrons. The van der Waals surface area contributed by atoms with E-state index >= 15 is 0 Å². The van der Waals surface area contributed by atoms with Crippen molar-refractivity contribution in [2.75, 3.05) is 79.8 Å². The number of carbonyl (C=O) groups is 5. The van der Waals surface area contributed by atoms with Gasteiger partial charge in [0.15, 0.2) is 0 Å². The standard InChI is InChI=1S/C53H67N9O9/c1-34(2)41(30-58(5)50(66)37-15-19-60(29-37)47(64)12-9-17-59-20-22-70-23-21-59)49(65)56-44-26-35-24-38(27-39(63)25-35)36-13-14-42-46(28-36)61(48(55-42)40-10-7-16-54-45(40)31-69-6)32-53(3,4)33-71-52(68)43-11-8-18-62(57-43)51(44)67/h7,10,13-14,16,24-25,27-28,34,37,41,43-44,57,63H,8,11,15,17-23,26,29-33H2,1-6H3,(H,56,65)/t37-,41?,43-,44-/m0/s1. The summed E-state index contributed by atoms with van der Waals surface area (Å²) < 4.78 is 19.1. The predicted molar refractivity (Wildman–Crippen MR) is 265 cm³/mol. The predicted octanol–water partition coefficient (Wildman–Crippen LogP) is 3.64. The number of morpholine rings is 1. The van der Waals surface area contributed by atoms with Crippen LogP contribution in [0.1, 0.15) is 58.2 Å². The number of hydrogen-bond acceptors (Lipinski definition) is 13. The van der Waals surface area contributed by atoms with E-state index in [-0.39, 0.29) is 62.8 Å². The van der Waals surface area contributed by atoms with Crippen molar-refractivity contribution < 1.29 is 43.3 Å². The first-order valence-electron chi connectivity index (χ1n) is 24.7. The number of nitrogens with zero attached hydrogens (tertiary/aromatic N) is 7. The fraction of sp³-hybridized carbons (Fsp3) is 0.528. The third kappa shape index (κ3) is 12.2. The molecule has 4 aliphatic rings. The van der Waals surface area contributed by atoms with Gasteiger partial charge in [-0.25, -0.2) is 10.4 Å². The number of likely N-dealkylation sites (tertiary alicyclic amines) is 1. The minimum Gasteiger partial charge on any atom is -0.508 e. The molecule has 18 heteroatoms. The molecule has 0 saturated carbocycles. The first kappa shape index (κ1) is 51.0. The zero-order valence-electron chi connectivity index (χ0n) is 41.7. The number of phenolic OH excluding ortho intramolecular Hbond substituents is 1. The lowest BCUT2D eigenvalue weighted by Gasteiger charge is -2.36. The zero-order valence-corrected chi connectivity index (χ0v) is 41.7. The molecule has 1 unspecified atom stereocenters. The number of hydrogen-bond donors (Lipinski definition) is 3. The third-order valence-electron chi connectivity index (χ3n) is 13.9. The van der Waals surface area contributed by atoms with E-state index in [1.807, 2.05) is 64.1 Å². The molecule has 4 aromatic rings. The molecule has 6 heterocycles. The third-order valence-corrected chi connectivity index (χ3v) is 13.9. The van der Waals surface area contributed by atoms with Crippen molar-refractivity contribution in [3.63, 3.8) is 0 Å². The number of aromatic hydroxyl groups is 1. The van der Waals surface area contributed by atoms with Gasteiger partial charge in [-0.3, -0.25) is 38.9 Å². The van der Waals surface area contributed by atoms with E-state index in [0.717, 1.165) is 40.9 Å². The number of rotatable bonds is 10. The Labute approximate surface area is 415 Å². The lowest BCUT2D eigenvalue weighted by Crippen LogP contribution is -2.61. The molecule has 3 fully saturated rings. The van der Waals surface area contributed by atoms with Gasteiger partial charge in [-0.2, -0.15) is 0 Å². The summed E-state index contributed by atoms with van der Waals surface area (Å²) in [5.41, 5.74) is 7.64. The molecule has 2 aromatic carbocycles. The van der Waals surface area contributed by atoms with Gasteiger partial charge in [-0.05, 0) is 84.2 Å². The Balaban J connectivity index is 1.05. The van der Waals surface area contributed by atoms with Crippen LogP contribution < -0.4 is 10.7 Å². The Kier molecular flexibility index (Phi) is 16.1. The molecule has 6 bridgehead atoms. The van der Waals surface area contributed by atoms with Crippen molar-refractivity contribution in [3.05, 3.63) is 66.0 Å². The molecule has 18 nitrogen and oxygen atoms in total. The van der Waals surface area contributed by atoms with Crippen molar-refractivity contribution in [2.24, 2.45) is 23.2 Å². The number of amides is 4. The van der Waals surface area contributed by atoms with Crippen molar-refractivity contribution in [1.82, 2.24) is 45.0 Å². The first-order valence-corrected chi connectivity index (χ1v) is 24.7. The van der Waals surface area contributed by atoms with Gasteiger partial charge in [-0.1, -0.05) is 45.7 Å². The van der Waals surface area contributed by atoms with Crippen molar-refractivity contribution in [2.45, 2.75) is 78.6 Å². The molecule has 4 aliphatic heterocycles. The Bertz CT molecular complexity index is 2690. The lowest BCUT2D eigenvalue weighted by molar-refractivity contribution is -0.156. The number of methoxy groups -OCH3 is 1. The highest BCUT2D eigenvalue weighted by molar-refractivity contribution is 5.94. The summed E-state index contributed by atoms with van der Waals surface area (Å²) in [6, 6.07) is 12.9. The number of benzene rings is 2. The van der Waals surface area contributed by atoms with E-state index in [1.54, 1.807) is 42.3 Å². The first-order chi connectivity index (χ1) is 34.1. The second kappa shape index (κ2) is 22.4. The van der Waals surface area contributed by atoms with Gasteiger partial charge < -0.3 is 39.0 Å². The maximum Gasteiger partial charge on any atom is 0.324 e. The Morgan fingerprint density at radius 2 is 1.85 bits per heavy atom. The molecule has 3 N–H and O–H groups in total. The quantitative estimate of drug-likeness (QED) is 0.154. The molecular weight excluding hydrogens is 907 g/mol. The second-order valence-corrected chi connectivity index (χ2v) is 20.4. The molecule has 3 saturated heterocycles. The topological polar surface area (TPSA) is 201 Å². The number of imidazole rings is 1. The Hall–Kier alpha value is -6.39. The number of pyridine rings is 1. The monoisotopic (exact) mass is 974 g/mol. The van der Waals surface area contributed by atoms with E-state index in [0.29, 0.717) is 69.1 Å². The lowest BCUT2D eigenvalue weighted by atomic mass is 9.92. The van der Waals surface area contributed by atoms with Crippen molar-refractivity contribution in [3.8, 4) is 40.1 Å². The largest absolute Gasteiger partial charge is 0.508 e. The average Bonchev–Trinajstić information content (AvgIpc) is 3.99. The van der Waals surface area contributed by atoms with Gasteiger partial charge in [0, 0.05) is 83.6 Å². The molecule has 0 aliphatic carbocycles. The van der Waals surface area contributed by atoms with Crippen LogP contribution in [0.3, 0.4) is 0 Å². The summed E-state index contributed by atoms with van der Waals surface area (Å²) in [4.78, 5) is 85.0. The highest BCUT2D eigenvalue weighted by Crippen LogP contribution is 2.35. The van der Waals surface area contributed by atoms with Crippen LogP contribution in [-0.2, 0) is 57.8 Å². The van der Waals surface area contributed by atoms with E-state index in [9.17, 15) is 29.1 Å². The minimum atomic E-state index is -1.13. The van der Waals surface area contributed by atoms with Gasteiger partial charge in [-0.15, -0.1) is 0 Å². The van der Waals surface area contributed by atoms with Crippen LogP contribution in [0.2, 0.25) is 0 Å². The SMILES string of the molecule is COCc1ncccc1-c1nc2ccc3cc2n1CC(C)(C)COC(=O)[C@@H]1CCCN(N1)C(=O)[C@@H](NC(=O)C(CN(C)C(=O)[C@H]1CCN(C(=O)C#CCN2CCOCC2)C1)C(C)C)Cc1cc(O)cc-3c1. The van der Waals surface area contributed by atoms with E-state index in [1.165, 1.54) is 5.01 Å². The second-order valence-electron chi connectivity index (χ2n) is 20.4. The van der Waals surface area contributed by atoms with Crippen LogP contribution in [-0.4, -0.2) is 161 Å². The summed E-state index contributed by atoms with van der Waals surface area (Å²) >= 11 is 0. The number of nitrogens with one attached hydrogen (secondary N) is 2. The molecule has 8 rings (SSSR count). The van der Waals surface area contributed by atoms with Crippen LogP contribution in [0.15, 0.2) is 54.7 Å². The summed E-state index contributed by atoms with van der Waals surface area (Å²) in [5, 5.41) is 15.7. The maximum absolute atomic E-state index is 14.7. The number of hydrazine groups is 1. The fourth-order valence-electron chi connectivity index (χ4n) is 9.88. The van der Waals surface area contributed by atoms with Gasteiger partial charge in [0.25, 0.3) is 11.8 Å². The number of phenols is 1. The summed E-state index contributed by atoms with van der Waals surface area (Å²) in [5.74, 6) is 3.10. The number of ether oxygens (including phenoxy) is 3. The summed E-state index contributed by atoms with van der Waals surface area (Å²) in [6.07, 6.45) is 3.14. The molecule has 2 aromatic heterocycles. The van der Waals surface area contributed by atoms with Crippen LogP contribution in [0.4, 0.5) is 0 Å². The zero-order chi connectivity index (χ0) is 50.4.